The van der Waals surface area contributed by atoms with E-state index in [1.54, 1.807) is 0 Å². The highest BCUT2D eigenvalue weighted by molar-refractivity contribution is 5.95. The van der Waals surface area contributed by atoms with Gasteiger partial charge in [-0.15, -0.1) is 0 Å². The molecule has 4 nitrogen and oxygen atoms in total. The number of para-hydroxylation sites is 1. The van der Waals surface area contributed by atoms with Crippen LogP contribution in [-0.2, 0) is 4.79 Å². The van der Waals surface area contributed by atoms with Crippen LogP contribution in [0.5, 0.6) is 0 Å². The minimum atomic E-state index is -0.0699. The number of hydrogen-bond acceptors (Lipinski definition) is 3. The third kappa shape index (κ3) is 3.86. The first-order chi connectivity index (χ1) is 10.8. The van der Waals surface area contributed by atoms with E-state index in [0.717, 1.165) is 42.9 Å². The standard InChI is InChI=1S/C18H21N3O/c22-18(17-11-4-5-12-19-17)21-16-10-6-9-15(13-16)20-14-7-2-1-3-8-14/h1-3,6-10,13,17,19-20H,4-5,11-12H2,(H,21,22). The summed E-state index contributed by atoms with van der Waals surface area (Å²) < 4.78 is 0. The van der Waals surface area contributed by atoms with Crippen molar-refractivity contribution in [3.8, 4) is 0 Å². The van der Waals surface area contributed by atoms with Crippen molar-refractivity contribution in [2.45, 2.75) is 25.3 Å². The van der Waals surface area contributed by atoms with E-state index in [1.165, 1.54) is 0 Å². The van der Waals surface area contributed by atoms with Gasteiger partial charge in [-0.25, -0.2) is 0 Å². The van der Waals surface area contributed by atoms with Gasteiger partial charge < -0.3 is 16.0 Å². The predicted molar refractivity (Wildman–Crippen MR) is 90.4 cm³/mol. The number of rotatable bonds is 4. The molecule has 1 amide bonds. The number of carbonyl (C=O) groups is 1. The van der Waals surface area contributed by atoms with Crippen molar-refractivity contribution in [2.24, 2.45) is 0 Å². The molecule has 4 heteroatoms. The van der Waals surface area contributed by atoms with E-state index in [-0.39, 0.29) is 11.9 Å². The molecule has 1 unspecified atom stereocenters. The average Bonchev–Trinajstić information content (AvgIpc) is 2.57. The molecule has 3 rings (SSSR count). The molecule has 22 heavy (non-hydrogen) atoms. The predicted octanol–water partition coefficient (Wildman–Crippen LogP) is 3.51. The molecule has 0 saturated carbocycles. The molecule has 3 N–H and O–H groups in total. The lowest BCUT2D eigenvalue weighted by Crippen LogP contribution is -2.43. The highest BCUT2D eigenvalue weighted by Gasteiger charge is 2.20. The van der Waals surface area contributed by atoms with E-state index in [1.807, 2.05) is 54.6 Å². The Morgan fingerprint density at radius 1 is 0.955 bits per heavy atom. The summed E-state index contributed by atoms with van der Waals surface area (Å²) in [4.78, 5) is 12.2. The molecule has 114 valence electrons. The summed E-state index contributed by atoms with van der Waals surface area (Å²) >= 11 is 0. The molecule has 0 spiro atoms. The topological polar surface area (TPSA) is 53.2 Å². The number of benzene rings is 2. The Balaban J connectivity index is 1.64. The quantitative estimate of drug-likeness (QED) is 0.809. The van der Waals surface area contributed by atoms with Crippen molar-refractivity contribution in [1.29, 1.82) is 0 Å². The van der Waals surface area contributed by atoms with E-state index < -0.39 is 0 Å². The Morgan fingerprint density at radius 3 is 2.50 bits per heavy atom. The fourth-order valence-electron chi connectivity index (χ4n) is 2.67. The van der Waals surface area contributed by atoms with Crippen LogP contribution in [0.4, 0.5) is 17.1 Å². The molecule has 0 aliphatic carbocycles. The van der Waals surface area contributed by atoms with Crippen molar-refractivity contribution >= 4 is 23.0 Å². The van der Waals surface area contributed by atoms with Gasteiger partial charge in [0.05, 0.1) is 6.04 Å². The van der Waals surface area contributed by atoms with Gasteiger partial charge >= 0.3 is 0 Å². The molecule has 1 aliphatic heterocycles. The number of amides is 1. The van der Waals surface area contributed by atoms with E-state index >= 15 is 0 Å². The first-order valence-corrected chi connectivity index (χ1v) is 7.78. The first-order valence-electron chi connectivity index (χ1n) is 7.78. The molecule has 0 aromatic heterocycles. The zero-order valence-corrected chi connectivity index (χ0v) is 12.5. The third-order valence-corrected chi connectivity index (χ3v) is 3.82. The molecule has 1 saturated heterocycles. The maximum atomic E-state index is 12.2. The monoisotopic (exact) mass is 295 g/mol. The fourth-order valence-corrected chi connectivity index (χ4v) is 2.67. The van der Waals surface area contributed by atoms with Gasteiger partial charge in [0.25, 0.3) is 0 Å². The SMILES string of the molecule is O=C(Nc1cccc(Nc2ccccc2)c1)C1CCCCN1. The van der Waals surface area contributed by atoms with Gasteiger partial charge in [0.15, 0.2) is 0 Å². The summed E-state index contributed by atoms with van der Waals surface area (Å²) in [6.07, 6.45) is 3.18. The van der Waals surface area contributed by atoms with E-state index in [9.17, 15) is 4.79 Å². The average molecular weight is 295 g/mol. The van der Waals surface area contributed by atoms with Crippen LogP contribution in [0.15, 0.2) is 54.6 Å². The lowest BCUT2D eigenvalue weighted by molar-refractivity contribution is -0.118. The lowest BCUT2D eigenvalue weighted by Gasteiger charge is -2.22. The Kier molecular flexibility index (Phi) is 4.71. The molecule has 0 radical (unpaired) electrons. The van der Waals surface area contributed by atoms with E-state index in [0.29, 0.717) is 0 Å². The molecular weight excluding hydrogens is 274 g/mol. The van der Waals surface area contributed by atoms with Gasteiger partial charge in [0.1, 0.15) is 0 Å². The fraction of sp³-hybridized carbons (Fsp3) is 0.278. The Morgan fingerprint density at radius 2 is 1.73 bits per heavy atom. The summed E-state index contributed by atoms with van der Waals surface area (Å²) in [5.41, 5.74) is 2.80. The van der Waals surface area contributed by atoms with Crippen LogP contribution in [0.25, 0.3) is 0 Å². The lowest BCUT2D eigenvalue weighted by atomic mass is 10.0. The third-order valence-electron chi connectivity index (χ3n) is 3.82. The molecule has 0 bridgehead atoms. The summed E-state index contributed by atoms with van der Waals surface area (Å²) in [6.45, 7) is 0.924. The summed E-state index contributed by atoms with van der Waals surface area (Å²) in [6, 6.07) is 17.7. The summed E-state index contributed by atoms with van der Waals surface area (Å²) in [7, 11) is 0. The van der Waals surface area contributed by atoms with Gasteiger partial charge in [0, 0.05) is 17.1 Å². The second-order valence-electron chi connectivity index (χ2n) is 5.56. The van der Waals surface area contributed by atoms with E-state index in [4.69, 9.17) is 0 Å². The first kappa shape index (κ1) is 14.6. The number of hydrogen-bond donors (Lipinski definition) is 3. The second-order valence-corrected chi connectivity index (χ2v) is 5.56. The van der Waals surface area contributed by atoms with Crippen LogP contribution in [-0.4, -0.2) is 18.5 Å². The van der Waals surface area contributed by atoms with Crippen LogP contribution in [0.1, 0.15) is 19.3 Å². The zero-order chi connectivity index (χ0) is 15.2. The van der Waals surface area contributed by atoms with Crippen LogP contribution in [0.3, 0.4) is 0 Å². The van der Waals surface area contributed by atoms with Crippen molar-refractivity contribution in [1.82, 2.24) is 5.32 Å². The van der Waals surface area contributed by atoms with Crippen LogP contribution < -0.4 is 16.0 Å². The van der Waals surface area contributed by atoms with Crippen LogP contribution in [0.2, 0.25) is 0 Å². The van der Waals surface area contributed by atoms with E-state index in [2.05, 4.69) is 16.0 Å². The minimum absolute atomic E-state index is 0.0524. The summed E-state index contributed by atoms with van der Waals surface area (Å²) in [5.74, 6) is 0.0524. The Hall–Kier alpha value is -2.33. The molecular formula is C18H21N3O. The zero-order valence-electron chi connectivity index (χ0n) is 12.5. The van der Waals surface area contributed by atoms with Gasteiger partial charge in [-0.2, -0.15) is 0 Å². The maximum Gasteiger partial charge on any atom is 0.241 e. The van der Waals surface area contributed by atoms with Crippen molar-refractivity contribution in [2.75, 3.05) is 17.2 Å². The van der Waals surface area contributed by atoms with Gasteiger partial charge in [-0.1, -0.05) is 30.7 Å². The number of nitrogens with one attached hydrogen (secondary N) is 3. The Bertz CT molecular complexity index is 621. The number of piperidine rings is 1. The van der Waals surface area contributed by atoms with Gasteiger partial charge in [-0.3, -0.25) is 4.79 Å². The smallest absolute Gasteiger partial charge is 0.241 e. The highest BCUT2D eigenvalue weighted by Crippen LogP contribution is 2.20. The second kappa shape index (κ2) is 7.09. The normalized spacial score (nSPS) is 17.7. The molecule has 2 aromatic rings. The van der Waals surface area contributed by atoms with Crippen LogP contribution >= 0.6 is 0 Å². The van der Waals surface area contributed by atoms with Gasteiger partial charge in [-0.05, 0) is 49.7 Å². The molecule has 2 aromatic carbocycles. The summed E-state index contributed by atoms with van der Waals surface area (Å²) in [5, 5.41) is 9.59. The Labute approximate surface area is 130 Å². The van der Waals surface area contributed by atoms with Gasteiger partial charge in [0.2, 0.25) is 5.91 Å². The van der Waals surface area contributed by atoms with Crippen molar-refractivity contribution < 1.29 is 4.79 Å². The highest BCUT2D eigenvalue weighted by atomic mass is 16.2. The largest absolute Gasteiger partial charge is 0.355 e. The molecule has 1 heterocycles. The maximum absolute atomic E-state index is 12.2. The minimum Gasteiger partial charge on any atom is -0.355 e. The van der Waals surface area contributed by atoms with Crippen LogP contribution in [0, 0.1) is 0 Å². The molecule has 1 fully saturated rings. The van der Waals surface area contributed by atoms with Crippen molar-refractivity contribution in [3.05, 3.63) is 54.6 Å². The molecule has 1 aliphatic rings. The number of carbonyl (C=O) groups excluding carboxylic acids is 1. The van der Waals surface area contributed by atoms with Crippen molar-refractivity contribution in [3.63, 3.8) is 0 Å². The molecule has 1 atom stereocenters. The number of anilines is 3.